The van der Waals surface area contributed by atoms with E-state index in [2.05, 4.69) is 10.2 Å². The molecule has 5 nitrogen and oxygen atoms in total. The molecule has 1 aromatic heterocycles. The molecule has 0 aliphatic rings. The van der Waals surface area contributed by atoms with E-state index in [1.807, 2.05) is 48.5 Å². The first kappa shape index (κ1) is 18.1. The Morgan fingerprint density at radius 1 is 1.15 bits per heavy atom. The van der Waals surface area contributed by atoms with Gasteiger partial charge in [0.05, 0.1) is 19.4 Å². The van der Waals surface area contributed by atoms with Gasteiger partial charge in [-0.15, -0.1) is 11.8 Å². The number of carbonyl (C=O) groups excluding carboxylic acids is 1. The Morgan fingerprint density at radius 3 is 2.62 bits per heavy atom. The first-order valence-electron chi connectivity index (χ1n) is 8.29. The molecular formula is C20H20N2O3S. The van der Waals surface area contributed by atoms with Crippen molar-refractivity contribution in [3.63, 3.8) is 0 Å². The SMILES string of the molecule is CCOC(=O)c1c(CSc2ccccc2)ccc(-c2ccn[nH]2)c1OC. The maximum Gasteiger partial charge on any atom is 0.342 e. The molecule has 0 amide bonds. The minimum atomic E-state index is -0.380. The number of carbonyl (C=O) groups is 1. The van der Waals surface area contributed by atoms with E-state index in [4.69, 9.17) is 9.47 Å². The standard InChI is InChI=1S/C20H20N2O3S/c1-3-25-20(23)18-14(13-26-15-7-5-4-6-8-15)9-10-16(19(18)24-2)17-11-12-21-22-17/h4-12H,3,13H2,1-2H3,(H,21,22). The molecule has 0 aliphatic carbocycles. The zero-order chi connectivity index (χ0) is 18.4. The molecule has 134 valence electrons. The number of H-pyrrole nitrogens is 1. The summed E-state index contributed by atoms with van der Waals surface area (Å²) in [6, 6.07) is 15.8. The molecule has 1 N–H and O–H groups in total. The number of esters is 1. The van der Waals surface area contributed by atoms with Gasteiger partial charge < -0.3 is 9.47 Å². The molecule has 2 aromatic carbocycles. The number of hydrogen-bond acceptors (Lipinski definition) is 5. The first-order chi connectivity index (χ1) is 12.7. The van der Waals surface area contributed by atoms with Gasteiger partial charge in [0.2, 0.25) is 0 Å². The van der Waals surface area contributed by atoms with Crippen molar-refractivity contribution < 1.29 is 14.3 Å². The van der Waals surface area contributed by atoms with Crippen molar-refractivity contribution in [1.82, 2.24) is 10.2 Å². The Labute approximate surface area is 156 Å². The van der Waals surface area contributed by atoms with Crippen LogP contribution < -0.4 is 4.74 Å². The van der Waals surface area contributed by atoms with E-state index in [9.17, 15) is 4.79 Å². The third-order valence-electron chi connectivity index (χ3n) is 3.86. The lowest BCUT2D eigenvalue weighted by Crippen LogP contribution is -2.11. The molecular weight excluding hydrogens is 348 g/mol. The van der Waals surface area contributed by atoms with Gasteiger partial charge in [-0.3, -0.25) is 5.10 Å². The molecule has 3 aromatic rings. The summed E-state index contributed by atoms with van der Waals surface area (Å²) in [5.41, 5.74) is 2.90. The third-order valence-corrected chi connectivity index (χ3v) is 4.92. The molecule has 6 heteroatoms. The number of methoxy groups -OCH3 is 1. The largest absolute Gasteiger partial charge is 0.495 e. The lowest BCUT2D eigenvalue weighted by Gasteiger charge is -2.16. The van der Waals surface area contributed by atoms with Crippen molar-refractivity contribution in [3.8, 4) is 17.0 Å². The summed E-state index contributed by atoms with van der Waals surface area (Å²) in [6.07, 6.45) is 1.66. The zero-order valence-corrected chi connectivity index (χ0v) is 15.5. The van der Waals surface area contributed by atoms with Gasteiger partial charge in [-0.1, -0.05) is 24.3 Å². The zero-order valence-electron chi connectivity index (χ0n) is 14.7. The summed E-state index contributed by atoms with van der Waals surface area (Å²) in [5.74, 6) is 0.755. The van der Waals surface area contributed by atoms with Gasteiger partial charge in [0.15, 0.2) is 0 Å². The molecule has 0 radical (unpaired) electrons. The molecule has 0 spiro atoms. The monoisotopic (exact) mass is 368 g/mol. The van der Waals surface area contributed by atoms with Crippen LogP contribution in [0, 0.1) is 0 Å². The summed E-state index contributed by atoms with van der Waals surface area (Å²) >= 11 is 1.66. The lowest BCUT2D eigenvalue weighted by molar-refractivity contribution is 0.0522. The maximum absolute atomic E-state index is 12.6. The van der Waals surface area contributed by atoms with E-state index < -0.39 is 0 Å². The Balaban J connectivity index is 2.01. The summed E-state index contributed by atoms with van der Waals surface area (Å²) < 4.78 is 10.9. The average molecular weight is 368 g/mol. The minimum Gasteiger partial charge on any atom is -0.495 e. The summed E-state index contributed by atoms with van der Waals surface area (Å²) in [5, 5.41) is 6.90. The van der Waals surface area contributed by atoms with Crippen molar-refractivity contribution in [2.75, 3.05) is 13.7 Å². The molecule has 3 rings (SSSR count). The van der Waals surface area contributed by atoms with E-state index >= 15 is 0 Å². The molecule has 0 fully saturated rings. The average Bonchev–Trinajstić information content (AvgIpc) is 3.21. The fourth-order valence-electron chi connectivity index (χ4n) is 2.68. The highest BCUT2D eigenvalue weighted by Gasteiger charge is 2.23. The second-order valence-electron chi connectivity index (χ2n) is 5.47. The Morgan fingerprint density at radius 2 is 1.96 bits per heavy atom. The van der Waals surface area contributed by atoms with Gasteiger partial charge in [-0.05, 0) is 36.8 Å². The topological polar surface area (TPSA) is 64.2 Å². The summed E-state index contributed by atoms with van der Waals surface area (Å²) in [6.45, 7) is 2.10. The highest BCUT2D eigenvalue weighted by atomic mass is 32.2. The van der Waals surface area contributed by atoms with Crippen LogP contribution in [0.1, 0.15) is 22.8 Å². The van der Waals surface area contributed by atoms with Crippen LogP contribution in [-0.2, 0) is 10.5 Å². The van der Waals surface area contributed by atoms with Gasteiger partial charge in [0.1, 0.15) is 11.3 Å². The second kappa shape index (κ2) is 8.58. The van der Waals surface area contributed by atoms with E-state index in [0.717, 1.165) is 21.7 Å². The number of aromatic amines is 1. The smallest absolute Gasteiger partial charge is 0.342 e. The third kappa shape index (κ3) is 3.91. The van der Waals surface area contributed by atoms with Crippen LogP contribution in [0.3, 0.4) is 0 Å². The summed E-state index contributed by atoms with van der Waals surface area (Å²) in [7, 11) is 1.56. The fourth-order valence-corrected chi connectivity index (χ4v) is 3.59. The van der Waals surface area contributed by atoms with Gasteiger partial charge >= 0.3 is 5.97 Å². The van der Waals surface area contributed by atoms with Crippen molar-refractivity contribution >= 4 is 17.7 Å². The van der Waals surface area contributed by atoms with E-state index in [-0.39, 0.29) is 5.97 Å². The second-order valence-corrected chi connectivity index (χ2v) is 6.52. The van der Waals surface area contributed by atoms with Gasteiger partial charge in [-0.2, -0.15) is 5.10 Å². The van der Waals surface area contributed by atoms with Gasteiger partial charge in [0.25, 0.3) is 0 Å². The molecule has 0 bridgehead atoms. The van der Waals surface area contributed by atoms with Gasteiger partial charge in [0, 0.05) is 22.4 Å². The number of hydrogen-bond donors (Lipinski definition) is 1. The molecule has 1 heterocycles. The Hall–Kier alpha value is -2.73. The quantitative estimate of drug-likeness (QED) is 0.489. The van der Waals surface area contributed by atoms with E-state index in [0.29, 0.717) is 23.7 Å². The molecule has 0 saturated heterocycles. The minimum absolute atomic E-state index is 0.307. The van der Waals surface area contributed by atoms with Crippen LogP contribution in [0.15, 0.2) is 59.6 Å². The molecule has 0 saturated carbocycles. The Bertz CT molecular complexity index is 864. The molecule has 0 unspecified atom stereocenters. The number of nitrogens with zero attached hydrogens (tertiary/aromatic N) is 1. The van der Waals surface area contributed by atoms with Crippen LogP contribution in [0.25, 0.3) is 11.3 Å². The number of nitrogens with one attached hydrogen (secondary N) is 1. The highest BCUT2D eigenvalue weighted by molar-refractivity contribution is 7.98. The molecule has 0 atom stereocenters. The van der Waals surface area contributed by atoms with Crippen LogP contribution in [0.5, 0.6) is 5.75 Å². The predicted octanol–water partition coefficient (Wildman–Crippen LogP) is 4.55. The molecule has 26 heavy (non-hydrogen) atoms. The number of rotatable bonds is 7. The van der Waals surface area contributed by atoms with Crippen LogP contribution in [-0.4, -0.2) is 29.9 Å². The van der Waals surface area contributed by atoms with Crippen molar-refractivity contribution in [3.05, 3.63) is 65.9 Å². The first-order valence-corrected chi connectivity index (χ1v) is 9.27. The maximum atomic E-state index is 12.6. The lowest BCUT2D eigenvalue weighted by atomic mass is 10.0. The number of aromatic nitrogens is 2. The van der Waals surface area contributed by atoms with E-state index in [1.165, 1.54) is 0 Å². The van der Waals surface area contributed by atoms with Crippen LogP contribution >= 0.6 is 11.8 Å². The molecule has 0 aliphatic heterocycles. The van der Waals surface area contributed by atoms with Crippen molar-refractivity contribution in [2.24, 2.45) is 0 Å². The van der Waals surface area contributed by atoms with Crippen LogP contribution in [0.4, 0.5) is 0 Å². The predicted molar refractivity (Wildman–Crippen MR) is 103 cm³/mol. The summed E-state index contributed by atoms with van der Waals surface area (Å²) in [4.78, 5) is 13.8. The van der Waals surface area contributed by atoms with Gasteiger partial charge in [-0.25, -0.2) is 4.79 Å². The number of ether oxygens (including phenoxy) is 2. The fraction of sp³-hybridized carbons (Fsp3) is 0.200. The van der Waals surface area contributed by atoms with Crippen molar-refractivity contribution in [1.29, 1.82) is 0 Å². The van der Waals surface area contributed by atoms with Crippen LogP contribution in [0.2, 0.25) is 0 Å². The highest BCUT2D eigenvalue weighted by Crippen LogP contribution is 2.37. The number of thioether (sulfide) groups is 1. The normalized spacial score (nSPS) is 10.5. The number of benzene rings is 2. The van der Waals surface area contributed by atoms with Crippen molar-refractivity contribution in [2.45, 2.75) is 17.6 Å². The van der Waals surface area contributed by atoms with E-state index in [1.54, 1.807) is 32.0 Å². The Kier molecular flexibility index (Phi) is 5.96.